The molecule has 2 aromatic carbocycles. The van der Waals surface area contributed by atoms with Crippen molar-refractivity contribution in [3.05, 3.63) is 76.2 Å². The summed E-state index contributed by atoms with van der Waals surface area (Å²) in [5, 5.41) is 0.827. The van der Waals surface area contributed by atoms with Crippen LogP contribution in [0.2, 0.25) is 0 Å². The molecule has 3 rings (SSSR count). The first-order valence-electron chi connectivity index (χ1n) is 7.94. The zero-order valence-electron chi connectivity index (χ0n) is 14.1. The second-order valence-electron chi connectivity index (χ2n) is 6.07. The van der Waals surface area contributed by atoms with Gasteiger partial charge in [-0.3, -0.25) is 0 Å². The number of allylic oxidation sites excluding steroid dienone is 1. The molecule has 0 aliphatic carbocycles. The number of ether oxygens (including phenoxy) is 1. The lowest BCUT2D eigenvalue weighted by atomic mass is 10.0. The highest BCUT2D eigenvalue weighted by Crippen LogP contribution is 2.35. The van der Waals surface area contributed by atoms with Crippen LogP contribution in [-0.4, -0.2) is 6.61 Å². The minimum absolute atomic E-state index is 0.359. The molecule has 0 saturated carbocycles. The van der Waals surface area contributed by atoms with E-state index >= 15 is 0 Å². The largest absolute Gasteiger partial charge is 0.489 e. The maximum Gasteiger partial charge on any atom is 0.336 e. The number of benzene rings is 2. The molecule has 0 N–H and O–H groups in total. The molecule has 0 saturated heterocycles. The van der Waals surface area contributed by atoms with Crippen molar-refractivity contribution < 1.29 is 9.15 Å². The lowest BCUT2D eigenvalue weighted by Gasteiger charge is -2.12. The van der Waals surface area contributed by atoms with E-state index in [0.29, 0.717) is 12.2 Å². The molecular formula is C21H20O3. The van der Waals surface area contributed by atoms with Crippen LogP contribution in [0.3, 0.4) is 0 Å². The van der Waals surface area contributed by atoms with Crippen molar-refractivity contribution in [2.24, 2.45) is 0 Å². The Kier molecular flexibility index (Phi) is 4.52. The normalized spacial score (nSPS) is 10.6. The Morgan fingerprint density at radius 2 is 1.88 bits per heavy atom. The summed E-state index contributed by atoms with van der Waals surface area (Å²) >= 11 is 0. The molecule has 24 heavy (non-hydrogen) atoms. The third-order valence-electron chi connectivity index (χ3n) is 3.77. The first-order valence-corrected chi connectivity index (χ1v) is 7.94. The van der Waals surface area contributed by atoms with Crippen LogP contribution in [-0.2, 0) is 0 Å². The standard InChI is InChI=1S/C21H20O3/c1-14(2)9-10-23-18-11-15(3)12-19-21(18)17(13-20(22)24-19)16-7-5-4-6-8-16/h4-9,11-13H,10H2,1-3H3. The van der Waals surface area contributed by atoms with Crippen molar-refractivity contribution >= 4 is 11.0 Å². The van der Waals surface area contributed by atoms with Crippen LogP contribution >= 0.6 is 0 Å². The van der Waals surface area contributed by atoms with Gasteiger partial charge in [-0.25, -0.2) is 4.79 Å². The Balaban J connectivity index is 2.23. The smallest absolute Gasteiger partial charge is 0.336 e. The molecule has 0 aliphatic heterocycles. The summed E-state index contributed by atoms with van der Waals surface area (Å²) in [5.41, 5.74) is 4.17. The van der Waals surface area contributed by atoms with Crippen molar-refractivity contribution in [2.45, 2.75) is 20.8 Å². The fourth-order valence-electron chi connectivity index (χ4n) is 2.65. The van der Waals surface area contributed by atoms with Crippen molar-refractivity contribution in [2.75, 3.05) is 6.61 Å². The topological polar surface area (TPSA) is 39.4 Å². The Morgan fingerprint density at radius 1 is 1.12 bits per heavy atom. The quantitative estimate of drug-likeness (QED) is 0.495. The van der Waals surface area contributed by atoms with E-state index in [1.807, 2.05) is 69.3 Å². The van der Waals surface area contributed by atoms with E-state index in [9.17, 15) is 4.79 Å². The van der Waals surface area contributed by atoms with Crippen LogP contribution in [0, 0.1) is 6.92 Å². The van der Waals surface area contributed by atoms with Gasteiger partial charge in [0, 0.05) is 11.6 Å². The third kappa shape index (κ3) is 3.40. The van der Waals surface area contributed by atoms with Gasteiger partial charge < -0.3 is 9.15 Å². The molecule has 0 amide bonds. The van der Waals surface area contributed by atoms with E-state index < -0.39 is 0 Å². The van der Waals surface area contributed by atoms with Gasteiger partial charge in [-0.2, -0.15) is 0 Å². The van der Waals surface area contributed by atoms with Gasteiger partial charge in [0.2, 0.25) is 0 Å². The average molecular weight is 320 g/mol. The summed E-state index contributed by atoms with van der Waals surface area (Å²) in [4.78, 5) is 12.0. The second-order valence-corrected chi connectivity index (χ2v) is 6.07. The minimum atomic E-state index is -0.359. The molecule has 1 aromatic heterocycles. The van der Waals surface area contributed by atoms with E-state index in [2.05, 4.69) is 0 Å². The van der Waals surface area contributed by atoms with E-state index in [1.165, 1.54) is 11.6 Å². The minimum Gasteiger partial charge on any atom is -0.489 e. The van der Waals surface area contributed by atoms with Gasteiger partial charge in [0.1, 0.15) is 17.9 Å². The molecule has 1 heterocycles. The van der Waals surface area contributed by atoms with E-state index in [0.717, 1.165) is 27.8 Å². The maximum atomic E-state index is 12.0. The zero-order valence-corrected chi connectivity index (χ0v) is 14.1. The monoisotopic (exact) mass is 320 g/mol. The number of rotatable bonds is 4. The summed E-state index contributed by atoms with van der Waals surface area (Å²) in [6.07, 6.45) is 2.02. The summed E-state index contributed by atoms with van der Waals surface area (Å²) in [5.74, 6) is 0.727. The average Bonchev–Trinajstić information content (AvgIpc) is 2.54. The van der Waals surface area contributed by atoms with E-state index in [1.54, 1.807) is 0 Å². The first kappa shape index (κ1) is 16.1. The lowest BCUT2D eigenvalue weighted by molar-refractivity contribution is 0.365. The Morgan fingerprint density at radius 3 is 2.58 bits per heavy atom. The SMILES string of the molecule is CC(C)=CCOc1cc(C)cc2oc(=O)cc(-c3ccccc3)c12. The predicted molar refractivity (Wildman–Crippen MR) is 97.6 cm³/mol. The van der Waals surface area contributed by atoms with Crippen molar-refractivity contribution in [3.63, 3.8) is 0 Å². The van der Waals surface area contributed by atoms with Gasteiger partial charge in [0.05, 0.1) is 5.39 Å². The van der Waals surface area contributed by atoms with E-state index in [4.69, 9.17) is 9.15 Å². The Hall–Kier alpha value is -2.81. The van der Waals surface area contributed by atoms with Crippen LogP contribution in [0.1, 0.15) is 19.4 Å². The molecule has 3 heteroatoms. The van der Waals surface area contributed by atoms with Gasteiger partial charge in [0.25, 0.3) is 0 Å². The van der Waals surface area contributed by atoms with Gasteiger partial charge in [-0.15, -0.1) is 0 Å². The number of hydrogen-bond donors (Lipinski definition) is 0. The van der Waals surface area contributed by atoms with Crippen molar-refractivity contribution in [3.8, 4) is 16.9 Å². The zero-order chi connectivity index (χ0) is 17.1. The van der Waals surface area contributed by atoms with Gasteiger partial charge in [-0.1, -0.05) is 35.9 Å². The predicted octanol–water partition coefficient (Wildman–Crippen LogP) is 5.11. The lowest BCUT2D eigenvalue weighted by Crippen LogP contribution is -2.02. The fourth-order valence-corrected chi connectivity index (χ4v) is 2.65. The summed E-state index contributed by atoms with van der Waals surface area (Å²) in [6, 6.07) is 15.2. The summed E-state index contributed by atoms with van der Waals surface area (Å²) in [6.45, 7) is 6.51. The molecule has 122 valence electrons. The van der Waals surface area contributed by atoms with Crippen LogP contribution in [0.4, 0.5) is 0 Å². The van der Waals surface area contributed by atoms with Crippen molar-refractivity contribution in [1.82, 2.24) is 0 Å². The Bertz CT molecular complexity index is 946. The highest BCUT2D eigenvalue weighted by Gasteiger charge is 2.13. The molecule has 0 fully saturated rings. The van der Waals surface area contributed by atoms with E-state index in [-0.39, 0.29) is 5.63 Å². The highest BCUT2D eigenvalue weighted by atomic mass is 16.5. The molecule has 0 aliphatic rings. The molecular weight excluding hydrogens is 300 g/mol. The van der Waals surface area contributed by atoms with Gasteiger partial charge in [-0.05, 0) is 50.1 Å². The maximum absolute atomic E-state index is 12.0. The number of hydrogen-bond acceptors (Lipinski definition) is 3. The molecule has 0 atom stereocenters. The van der Waals surface area contributed by atoms with Crippen LogP contribution in [0.15, 0.2) is 69.4 Å². The first-order chi connectivity index (χ1) is 11.5. The molecule has 0 unspecified atom stereocenters. The highest BCUT2D eigenvalue weighted by molar-refractivity contribution is 5.98. The van der Waals surface area contributed by atoms with Crippen LogP contribution in [0.5, 0.6) is 5.75 Å². The molecule has 3 aromatic rings. The molecule has 0 radical (unpaired) electrons. The summed E-state index contributed by atoms with van der Waals surface area (Å²) < 4.78 is 11.4. The molecule has 0 bridgehead atoms. The van der Waals surface area contributed by atoms with Gasteiger partial charge >= 0.3 is 5.63 Å². The third-order valence-corrected chi connectivity index (χ3v) is 3.77. The molecule has 3 nitrogen and oxygen atoms in total. The number of aryl methyl sites for hydroxylation is 1. The second kappa shape index (κ2) is 6.75. The number of fused-ring (bicyclic) bond motifs is 1. The van der Waals surface area contributed by atoms with Crippen LogP contribution < -0.4 is 10.4 Å². The Labute approximate surface area is 141 Å². The molecule has 0 spiro atoms. The van der Waals surface area contributed by atoms with Crippen LogP contribution in [0.25, 0.3) is 22.1 Å². The summed E-state index contributed by atoms with van der Waals surface area (Å²) in [7, 11) is 0. The van der Waals surface area contributed by atoms with Gasteiger partial charge in [0.15, 0.2) is 0 Å². The van der Waals surface area contributed by atoms with Crippen molar-refractivity contribution in [1.29, 1.82) is 0 Å². The fraction of sp³-hybridized carbons (Fsp3) is 0.190.